The molecule has 1 aromatic rings. The first-order valence-corrected chi connectivity index (χ1v) is 9.08. The maximum atomic E-state index is 12.2. The highest BCUT2D eigenvalue weighted by Crippen LogP contribution is 2.30. The smallest absolute Gasteiger partial charge is 0.312 e. The molecule has 2 atom stereocenters. The zero-order chi connectivity index (χ0) is 17.6. The third kappa shape index (κ3) is 5.95. The van der Waals surface area contributed by atoms with E-state index in [9.17, 15) is 4.79 Å². The van der Waals surface area contributed by atoms with E-state index >= 15 is 0 Å². The quantitative estimate of drug-likeness (QED) is 0.325. The molecule has 0 radical (unpaired) electrons. The number of hydrogen-bond donors (Lipinski definition) is 0. The lowest BCUT2D eigenvalue weighted by molar-refractivity contribution is -0.159. The molecule has 0 amide bonds. The number of rotatable bonds is 8. The predicted molar refractivity (Wildman–Crippen MR) is 99.5 cm³/mol. The van der Waals surface area contributed by atoms with Gasteiger partial charge in [-0.3, -0.25) is 4.79 Å². The Morgan fingerprint density at radius 3 is 2.43 bits per heavy atom. The summed E-state index contributed by atoms with van der Waals surface area (Å²) in [6.45, 7) is 12.1. The highest BCUT2D eigenvalue weighted by atomic mass is 127. The van der Waals surface area contributed by atoms with Crippen LogP contribution in [0.25, 0.3) is 0 Å². The van der Waals surface area contributed by atoms with E-state index in [4.69, 9.17) is 14.2 Å². The van der Waals surface area contributed by atoms with Crippen LogP contribution in [0.3, 0.4) is 0 Å². The third-order valence-electron chi connectivity index (χ3n) is 3.84. The van der Waals surface area contributed by atoms with Crippen molar-refractivity contribution in [1.29, 1.82) is 0 Å². The topological polar surface area (TPSA) is 44.8 Å². The number of hydrogen-bond acceptors (Lipinski definition) is 4. The van der Waals surface area contributed by atoms with E-state index in [-0.39, 0.29) is 18.4 Å². The van der Waals surface area contributed by atoms with E-state index in [1.807, 2.05) is 59.7 Å². The van der Waals surface area contributed by atoms with E-state index in [1.165, 1.54) is 0 Å². The van der Waals surface area contributed by atoms with Crippen LogP contribution in [-0.4, -0.2) is 18.9 Å². The van der Waals surface area contributed by atoms with Gasteiger partial charge in [-0.1, -0.05) is 13.0 Å². The van der Waals surface area contributed by atoms with E-state index in [2.05, 4.69) is 22.6 Å². The summed E-state index contributed by atoms with van der Waals surface area (Å²) in [6.07, 6.45) is 0.165. The summed E-state index contributed by atoms with van der Waals surface area (Å²) >= 11 is 2.22. The number of esters is 1. The largest absolute Gasteiger partial charge is 0.464 e. The molecule has 0 saturated heterocycles. The molecule has 1 aromatic carbocycles. The SMILES string of the molecule is CCOC(C)Oc1ccc(C(C)OC(=O)C(C)(C)CC)cc1I. The molecule has 0 heterocycles. The van der Waals surface area contributed by atoms with Crippen LogP contribution in [0.5, 0.6) is 5.75 Å². The molecule has 0 fully saturated rings. The standard InChI is InChI=1S/C18H27IO4/c1-7-18(5,6)17(20)22-12(3)14-9-10-16(15(19)11-14)23-13(4)21-8-2/h9-13H,7-8H2,1-6H3. The van der Waals surface area contributed by atoms with Crippen LogP contribution in [-0.2, 0) is 14.3 Å². The van der Waals surface area contributed by atoms with Crippen molar-refractivity contribution in [2.75, 3.05) is 6.61 Å². The van der Waals surface area contributed by atoms with Gasteiger partial charge in [0.25, 0.3) is 0 Å². The van der Waals surface area contributed by atoms with Crippen molar-refractivity contribution in [2.45, 2.75) is 60.4 Å². The predicted octanol–water partition coefficient (Wildman–Crippen LogP) is 5.09. The number of benzene rings is 1. The fourth-order valence-electron chi connectivity index (χ4n) is 1.85. The Balaban J connectivity index is 2.78. The molecule has 0 aliphatic carbocycles. The van der Waals surface area contributed by atoms with Gasteiger partial charge in [-0.15, -0.1) is 0 Å². The molecule has 0 aliphatic rings. The van der Waals surface area contributed by atoms with Crippen molar-refractivity contribution in [1.82, 2.24) is 0 Å². The molecule has 0 aromatic heterocycles. The lowest BCUT2D eigenvalue weighted by Gasteiger charge is -2.24. The van der Waals surface area contributed by atoms with Crippen molar-refractivity contribution in [3.63, 3.8) is 0 Å². The zero-order valence-corrected chi connectivity index (χ0v) is 17.0. The Bertz CT molecular complexity index is 528. The second-order valence-electron chi connectivity index (χ2n) is 6.12. The van der Waals surface area contributed by atoms with Gasteiger partial charge in [-0.05, 0) is 81.3 Å². The highest BCUT2D eigenvalue weighted by Gasteiger charge is 2.29. The molecule has 23 heavy (non-hydrogen) atoms. The first-order valence-electron chi connectivity index (χ1n) is 8.00. The Labute approximate surface area is 153 Å². The van der Waals surface area contributed by atoms with Gasteiger partial charge in [0.05, 0.1) is 8.99 Å². The lowest BCUT2D eigenvalue weighted by atomic mass is 9.90. The minimum absolute atomic E-state index is 0.173. The summed E-state index contributed by atoms with van der Waals surface area (Å²) in [7, 11) is 0. The molecule has 1 rings (SSSR count). The van der Waals surface area contributed by atoms with Gasteiger partial charge in [0.2, 0.25) is 0 Å². The molecular weight excluding hydrogens is 407 g/mol. The maximum Gasteiger partial charge on any atom is 0.312 e. The lowest BCUT2D eigenvalue weighted by Crippen LogP contribution is -2.26. The number of carbonyl (C=O) groups excluding carboxylic acids is 1. The molecule has 0 saturated carbocycles. The number of halogens is 1. The second kappa shape index (κ2) is 8.87. The maximum absolute atomic E-state index is 12.2. The molecule has 5 heteroatoms. The van der Waals surface area contributed by atoms with Crippen LogP contribution in [0, 0.1) is 8.99 Å². The first-order chi connectivity index (χ1) is 10.7. The fourth-order valence-corrected chi connectivity index (χ4v) is 2.51. The van der Waals surface area contributed by atoms with Crippen LogP contribution in [0.1, 0.15) is 59.6 Å². The Morgan fingerprint density at radius 1 is 1.26 bits per heavy atom. The summed E-state index contributed by atoms with van der Waals surface area (Å²) in [5, 5.41) is 0. The average molecular weight is 434 g/mol. The van der Waals surface area contributed by atoms with E-state index in [1.54, 1.807) is 0 Å². The normalized spacial score (nSPS) is 14.2. The van der Waals surface area contributed by atoms with Crippen LogP contribution in [0.15, 0.2) is 18.2 Å². The molecule has 0 spiro atoms. The van der Waals surface area contributed by atoms with E-state index in [0.29, 0.717) is 6.61 Å². The van der Waals surface area contributed by atoms with Crippen LogP contribution >= 0.6 is 22.6 Å². The Kier molecular flexibility index (Phi) is 7.80. The zero-order valence-electron chi connectivity index (χ0n) is 14.8. The second-order valence-corrected chi connectivity index (χ2v) is 7.28. The minimum atomic E-state index is -0.461. The van der Waals surface area contributed by atoms with E-state index < -0.39 is 5.41 Å². The molecule has 0 bridgehead atoms. The van der Waals surface area contributed by atoms with Crippen molar-refractivity contribution in [2.24, 2.45) is 5.41 Å². The molecule has 130 valence electrons. The van der Waals surface area contributed by atoms with Gasteiger partial charge < -0.3 is 14.2 Å². The van der Waals surface area contributed by atoms with Crippen molar-refractivity contribution in [3.05, 3.63) is 27.3 Å². The van der Waals surface area contributed by atoms with Gasteiger partial charge in [-0.2, -0.15) is 0 Å². The Morgan fingerprint density at radius 2 is 1.91 bits per heavy atom. The van der Waals surface area contributed by atoms with Gasteiger partial charge in [0.1, 0.15) is 11.9 Å². The van der Waals surface area contributed by atoms with Gasteiger partial charge in [0, 0.05) is 6.61 Å². The van der Waals surface area contributed by atoms with E-state index in [0.717, 1.165) is 21.3 Å². The van der Waals surface area contributed by atoms with Crippen molar-refractivity contribution in [3.8, 4) is 5.75 Å². The summed E-state index contributed by atoms with van der Waals surface area (Å²) in [5.74, 6) is 0.593. The van der Waals surface area contributed by atoms with Crippen molar-refractivity contribution < 1.29 is 19.0 Å². The Hall–Kier alpha value is -0.820. The number of ether oxygens (including phenoxy) is 3. The molecule has 4 nitrogen and oxygen atoms in total. The minimum Gasteiger partial charge on any atom is -0.464 e. The molecular formula is C18H27IO4. The summed E-state index contributed by atoms with van der Waals surface area (Å²) in [4.78, 5) is 12.2. The average Bonchev–Trinajstić information content (AvgIpc) is 2.49. The number of carbonyl (C=O) groups is 1. The van der Waals surface area contributed by atoms with Gasteiger partial charge in [0.15, 0.2) is 6.29 Å². The van der Waals surface area contributed by atoms with Crippen LogP contribution in [0.4, 0.5) is 0 Å². The summed E-state index contributed by atoms with van der Waals surface area (Å²) in [5.41, 5.74) is 0.489. The van der Waals surface area contributed by atoms with Gasteiger partial charge >= 0.3 is 5.97 Å². The molecule has 2 unspecified atom stereocenters. The van der Waals surface area contributed by atoms with Crippen LogP contribution in [0.2, 0.25) is 0 Å². The monoisotopic (exact) mass is 434 g/mol. The highest BCUT2D eigenvalue weighted by molar-refractivity contribution is 14.1. The molecule has 0 aliphatic heterocycles. The first kappa shape index (κ1) is 20.2. The fraction of sp³-hybridized carbons (Fsp3) is 0.611. The summed E-state index contributed by atoms with van der Waals surface area (Å²) in [6, 6.07) is 5.79. The molecule has 0 N–H and O–H groups in total. The van der Waals surface area contributed by atoms with Gasteiger partial charge in [-0.25, -0.2) is 0 Å². The van der Waals surface area contributed by atoms with Crippen LogP contribution < -0.4 is 4.74 Å². The van der Waals surface area contributed by atoms with Crippen molar-refractivity contribution >= 4 is 28.6 Å². The third-order valence-corrected chi connectivity index (χ3v) is 4.68. The summed E-state index contributed by atoms with van der Waals surface area (Å²) < 4.78 is 17.7.